The molecule has 0 bridgehead atoms. The van der Waals surface area contributed by atoms with Gasteiger partial charge in [-0.15, -0.1) is 5.10 Å². The van der Waals surface area contributed by atoms with Crippen LogP contribution in [0.2, 0.25) is 5.02 Å². The zero-order valence-electron chi connectivity index (χ0n) is 13.9. The first-order chi connectivity index (χ1) is 12.6. The number of halogens is 1. The van der Waals surface area contributed by atoms with Crippen molar-refractivity contribution in [1.82, 2.24) is 14.2 Å². The molecule has 1 aliphatic carbocycles. The number of anilines is 1. The maximum Gasteiger partial charge on any atom is 0.280 e. The van der Waals surface area contributed by atoms with Crippen molar-refractivity contribution in [3.8, 4) is 0 Å². The first-order valence-electron chi connectivity index (χ1n) is 8.57. The molecule has 1 saturated carbocycles. The van der Waals surface area contributed by atoms with E-state index in [1.807, 2.05) is 0 Å². The molecule has 0 unspecified atom stereocenters. The van der Waals surface area contributed by atoms with E-state index in [4.69, 9.17) is 11.6 Å². The van der Waals surface area contributed by atoms with Crippen LogP contribution in [0.4, 0.5) is 5.69 Å². The molecule has 8 heteroatoms. The lowest BCUT2D eigenvalue weighted by atomic mass is 9.95. The number of nitrogens with one attached hydrogen (secondary N) is 1. The first-order valence-corrected chi connectivity index (χ1v) is 9.73. The number of hydrogen-bond acceptors (Lipinski definition) is 5. The van der Waals surface area contributed by atoms with E-state index in [2.05, 4.69) is 14.9 Å². The van der Waals surface area contributed by atoms with Crippen LogP contribution in [0.1, 0.15) is 48.5 Å². The van der Waals surface area contributed by atoms with Crippen LogP contribution in [0.5, 0.6) is 0 Å². The van der Waals surface area contributed by atoms with Crippen LogP contribution in [0.15, 0.2) is 35.3 Å². The number of carbonyl (C=O) groups is 1. The Labute approximate surface area is 159 Å². The molecule has 0 spiro atoms. The van der Waals surface area contributed by atoms with Crippen LogP contribution < -0.4 is 10.9 Å². The summed E-state index contributed by atoms with van der Waals surface area (Å²) in [5.74, 6) is -0.284. The summed E-state index contributed by atoms with van der Waals surface area (Å²) in [6.07, 6.45) is 6.94. The summed E-state index contributed by atoms with van der Waals surface area (Å²) in [7, 11) is 0. The Morgan fingerprint density at radius 2 is 1.92 bits per heavy atom. The van der Waals surface area contributed by atoms with Gasteiger partial charge in [0.15, 0.2) is 5.52 Å². The lowest BCUT2D eigenvalue weighted by Gasteiger charge is -2.24. The minimum absolute atomic E-state index is 0.115. The van der Waals surface area contributed by atoms with Crippen molar-refractivity contribution in [2.45, 2.75) is 38.1 Å². The fourth-order valence-corrected chi connectivity index (χ4v) is 4.20. The van der Waals surface area contributed by atoms with Crippen molar-refractivity contribution < 1.29 is 4.79 Å². The molecule has 2 heterocycles. The maximum atomic E-state index is 12.8. The standard InChI is InChI=1S/C18H17ClN4O2S/c19-11-6-8-12(9-7-11)20-17(24)14-10-23(13-4-2-1-3-5-13)18(25)15-16(14)26-22-21-15/h6-10,13H,1-5H2,(H,20,24). The molecule has 1 aliphatic rings. The molecule has 134 valence electrons. The summed E-state index contributed by atoms with van der Waals surface area (Å²) in [6, 6.07) is 7.01. The molecule has 0 radical (unpaired) electrons. The molecule has 26 heavy (non-hydrogen) atoms. The molecule has 3 aromatic rings. The average Bonchev–Trinajstić information content (AvgIpc) is 3.15. The van der Waals surface area contributed by atoms with E-state index < -0.39 is 0 Å². The number of benzene rings is 1. The van der Waals surface area contributed by atoms with Crippen LogP contribution in [0.3, 0.4) is 0 Å². The van der Waals surface area contributed by atoms with Crippen molar-refractivity contribution in [2.24, 2.45) is 0 Å². The zero-order chi connectivity index (χ0) is 18.1. The number of pyridine rings is 1. The van der Waals surface area contributed by atoms with Gasteiger partial charge in [-0.1, -0.05) is 35.4 Å². The second-order valence-electron chi connectivity index (χ2n) is 6.46. The van der Waals surface area contributed by atoms with Gasteiger partial charge in [0.2, 0.25) is 0 Å². The summed E-state index contributed by atoms with van der Waals surface area (Å²) >= 11 is 6.96. The van der Waals surface area contributed by atoms with Gasteiger partial charge in [0.25, 0.3) is 11.5 Å². The summed E-state index contributed by atoms with van der Waals surface area (Å²) in [6.45, 7) is 0. The normalized spacial score (nSPS) is 15.3. The van der Waals surface area contributed by atoms with Crippen molar-refractivity contribution in [3.63, 3.8) is 0 Å². The Hall–Kier alpha value is -2.25. The van der Waals surface area contributed by atoms with Crippen molar-refractivity contribution in [1.29, 1.82) is 0 Å². The minimum Gasteiger partial charge on any atom is -0.322 e. The molecule has 2 aromatic heterocycles. The van der Waals surface area contributed by atoms with E-state index in [1.54, 1.807) is 35.0 Å². The molecule has 1 N–H and O–H groups in total. The van der Waals surface area contributed by atoms with Gasteiger partial charge in [-0.3, -0.25) is 9.59 Å². The molecular formula is C18H17ClN4O2S. The highest BCUT2D eigenvalue weighted by atomic mass is 35.5. The summed E-state index contributed by atoms with van der Waals surface area (Å²) in [5, 5.41) is 7.43. The average molecular weight is 389 g/mol. The lowest BCUT2D eigenvalue weighted by Crippen LogP contribution is -2.28. The Morgan fingerprint density at radius 3 is 2.65 bits per heavy atom. The number of carbonyl (C=O) groups excluding carboxylic acids is 1. The van der Waals surface area contributed by atoms with Crippen molar-refractivity contribution in [2.75, 3.05) is 5.32 Å². The predicted octanol–water partition coefficient (Wildman–Crippen LogP) is 4.26. The lowest BCUT2D eigenvalue weighted by molar-refractivity contribution is 0.102. The minimum atomic E-state index is -0.284. The van der Waals surface area contributed by atoms with E-state index in [0.29, 0.717) is 21.0 Å². The topological polar surface area (TPSA) is 76.9 Å². The molecule has 4 rings (SSSR count). The van der Waals surface area contributed by atoms with Crippen LogP contribution in [-0.2, 0) is 0 Å². The summed E-state index contributed by atoms with van der Waals surface area (Å²) < 4.78 is 6.09. The van der Waals surface area contributed by atoms with E-state index in [1.165, 1.54) is 6.42 Å². The highest BCUT2D eigenvalue weighted by molar-refractivity contribution is 7.13. The van der Waals surface area contributed by atoms with Gasteiger partial charge >= 0.3 is 0 Å². The van der Waals surface area contributed by atoms with Gasteiger partial charge < -0.3 is 9.88 Å². The fourth-order valence-electron chi connectivity index (χ4n) is 3.41. The van der Waals surface area contributed by atoms with Gasteiger partial charge in [-0.05, 0) is 48.6 Å². The fraction of sp³-hybridized carbons (Fsp3) is 0.333. The van der Waals surface area contributed by atoms with Gasteiger partial charge in [0.05, 0.1) is 10.3 Å². The SMILES string of the molecule is O=C(Nc1ccc(Cl)cc1)c1cn(C2CCCCC2)c(=O)c2nnsc12. The third-order valence-corrected chi connectivity index (χ3v) is 5.76. The largest absolute Gasteiger partial charge is 0.322 e. The van der Waals surface area contributed by atoms with E-state index in [-0.39, 0.29) is 23.0 Å². The Bertz CT molecular complexity index is 1010. The van der Waals surface area contributed by atoms with Gasteiger partial charge in [-0.25, -0.2) is 0 Å². The predicted molar refractivity (Wildman–Crippen MR) is 103 cm³/mol. The number of rotatable bonds is 3. The monoisotopic (exact) mass is 388 g/mol. The van der Waals surface area contributed by atoms with Crippen molar-refractivity contribution in [3.05, 3.63) is 51.4 Å². The molecule has 1 amide bonds. The molecule has 6 nitrogen and oxygen atoms in total. The highest BCUT2D eigenvalue weighted by Crippen LogP contribution is 2.29. The molecule has 0 saturated heterocycles. The van der Waals surface area contributed by atoms with Gasteiger partial charge in [0.1, 0.15) is 0 Å². The zero-order valence-corrected chi connectivity index (χ0v) is 15.5. The molecule has 1 fully saturated rings. The number of hydrogen-bond donors (Lipinski definition) is 1. The Morgan fingerprint density at radius 1 is 1.19 bits per heavy atom. The third-order valence-electron chi connectivity index (χ3n) is 4.75. The second kappa shape index (κ2) is 7.17. The quantitative estimate of drug-likeness (QED) is 0.727. The van der Waals surface area contributed by atoms with E-state index in [0.717, 1.165) is 37.2 Å². The Kier molecular flexibility index (Phi) is 4.74. The Balaban J connectivity index is 1.74. The van der Waals surface area contributed by atoms with Crippen LogP contribution in [0.25, 0.3) is 10.2 Å². The van der Waals surface area contributed by atoms with Crippen LogP contribution in [-0.4, -0.2) is 20.1 Å². The first kappa shape index (κ1) is 17.2. The molecular weight excluding hydrogens is 372 g/mol. The summed E-state index contributed by atoms with van der Waals surface area (Å²) in [4.78, 5) is 25.6. The number of amides is 1. The van der Waals surface area contributed by atoms with Gasteiger partial charge in [0, 0.05) is 22.9 Å². The number of nitrogens with zero attached hydrogens (tertiary/aromatic N) is 3. The van der Waals surface area contributed by atoms with E-state index in [9.17, 15) is 9.59 Å². The van der Waals surface area contributed by atoms with Gasteiger partial charge in [-0.2, -0.15) is 0 Å². The highest BCUT2D eigenvalue weighted by Gasteiger charge is 2.23. The molecule has 1 aromatic carbocycles. The third kappa shape index (κ3) is 3.24. The molecule has 0 aliphatic heterocycles. The van der Waals surface area contributed by atoms with Crippen LogP contribution >= 0.6 is 23.1 Å². The number of aromatic nitrogens is 3. The van der Waals surface area contributed by atoms with Crippen LogP contribution in [0, 0.1) is 0 Å². The second-order valence-corrected chi connectivity index (χ2v) is 7.65. The van der Waals surface area contributed by atoms with Crippen molar-refractivity contribution >= 4 is 44.9 Å². The smallest absolute Gasteiger partial charge is 0.280 e. The van der Waals surface area contributed by atoms with E-state index >= 15 is 0 Å². The maximum absolute atomic E-state index is 12.8. The molecule has 0 atom stereocenters. The number of fused-ring (bicyclic) bond motifs is 1. The summed E-state index contributed by atoms with van der Waals surface area (Å²) in [5.41, 5.74) is 1.17.